The first-order valence-corrected chi connectivity index (χ1v) is 10.1. The van der Waals surface area contributed by atoms with Gasteiger partial charge in [-0.05, 0) is 37.5 Å². The molecule has 2 aromatic heterocycles. The van der Waals surface area contributed by atoms with Crippen molar-refractivity contribution >= 4 is 11.6 Å². The van der Waals surface area contributed by atoms with Gasteiger partial charge < -0.3 is 15.3 Å². The molecule has 1 fully saturated rings. The zero-order valence-electron chi connectivity index (χ0n) is 17.3. The molecule has 1 aliphatic rings. The van der Waals surface area contributed by atoms with Crippen molar-refractivity contribution in [3.63, 3.8) is 0 Å². The van der Waals surface area contributed by atoms with E-state index in [4.69, 9.17) is 0 Å². The van der Waals surface area contributed by atoms with Gasteiger partial charge in [0, 0.05) is 31.9 Å². The van der Waals surface area contributed by atoms with E-state index in [9.17, 15) is 5.11 Å². The van der Waals surface area contributed by atoms with Gasteiger partial charge in [-0.2, -0.15) is 0 Å². The molecular weight excluding hydrogens is 374 g/mol. The standard InChI is InChI=1S/C24H25N5O/c1-18-21(10-8-19-9-11-22(25-2)26-16-19)23(28-17-27-18)29-14-12-24(30,13-15-29)20-6-4-3-5-7-20/h3-7,9,11,16-17,30H,12-15H2,1-2H3,(H,25,26). The number of aryl methyl sites for hydroxylation is 1. The van der Waals surface area contributed by atoms with Gasteiger partial charge in [0.15, 0.2) is 0 Å². The fraction of sp³-hybridized carbons (Fsp3) is 0.292. The average Bonchev–Trinajstić information content (AvgIpc) is 2.80. The minimum atomic E-state index is -0.799. The number of benzene rings is 1. The Morgan fingerprint density at radius 2 is 1.77 bits per heavy atom. The van der Waals surface area contributed by atoms with E-state index in [2.05, 4.69) is 37.0 Å². The minimum absolute atomic E-state index is 0.641. The summed E-state index contributed by atoms with van der Waals surface area (Å²) in [7, 11) is 1.84. The molecule has 0 unspecified atom stereocenters. The van der Waals surface area contributed by atoms with E-state index in [1.165, 1.54) is 0 Å². The Kier molecular flexibility index (Phi) is 5.64. The fourth-order valence-corrected chi connectivity index (χ4v) is 3.72. The molecule has 4 rings (SSSR count). The van der Waals surface area contributed by atoms with Crippen LogP contribution in [0, 0.1) is 18.8 Å². The van der Waals surface area contributed by atoms with E-state index in [-0.39, 0.29) is 0 Å². The van der Waals surface area contributed by atoms with Gasteiger partial charge in [0.05, 0.1) is 16.9 Å². The lowest BCUT2D eigenvalue weighted by Gasteiger charge is -2.39. The largest absolute Gasteiger partial charge is 0.385 e. The molecule has 1 saturated heterocycles. The van der Waals surface area contributed by atoms with Gasteiger partial charge >= 0.3 is 0 Å². The number of aliphatic hydroxyl groups is 1. The Labute approximate surface area is 177 Å². The molecule has 0 amide bonds. The molecular formula is C24H25N5O. The second kappa shape index (κ2) is 8.52. The van der Waals surface area contributed by atoms with E-state index in [0.717, 1.165) is 34.0 Å². The summed E-state index contributed by atoms with van der Waals surface area (Å²) >= 11 is 0. The highest BCUT2D eigenvalue weighted by Crippen LogP contribution is 2.34. The van der Waals surface area contributed by atoms with Gasteiger partial charge in [0.25, 0.3) is 0 Å². The van der Waals surface area contributed by atoms with Crippen molar-refractivity contribution in [2.45, 2.75) is 25.4 Å². The summed E-state index contributed by atoms with van der Waals surface area (Å²) < 4.78 is 0. The summed E-state index contributed by atoms with van der Waals surface area (Å²) in [5.41, 5.74) is 2.67. The van der Waals surface area contributed by atoms with Crippen LogP contribution in [0.1, 0.15) is 35.2 Å². The van der Waals surface area contributed by atoms with Crippen molar-refractivity contribution in [3.8, 4) is 11.8 Å². The van der Waals surface area contributed by atoms with Crippen molar-refractivity contribution in [2.24, 2.45) is 0 Å². The van der Waals surface area contributed by atoms with Crippen LogP contribution in [0.3, 0.4) is 0 Å². The molecule has 2 N–H and O–H groups in total. The lowest BCUT2D eigenvalue weighted by atomic mass is 9.84. The van der Waals surface area contributed by atoms with Gasteiger partial charge in [-0.3, -0.25) is 0 Å². The average molecular weight is 399 g/mol. The number of anilines is 2. The molecule has 0 bridgehead atoms. The molecule has 0 radical (unpaired) electrons. The third-order valence-electron chi connectivity index (χ3n) is 5.57. The number of hydrogen-bond donors (Lipinski definition) is 2. The molecule has 3 aromatic rings. The highest BCUT2D eigenvalue weighted by molar-refractivity contribution is 5.59. The van der Waals surface area contributed by atoms with E-state index < -0.39 is 5.60 Å². The number of nitrogens with one attached hydrogen (secondary N) is 1. The first-order valence-electron chi connectivity index (χ1n) is 10.1. The molecule has 152 valence electrons. The SMILES string of the molecule is CNc1ccc(C#Cc2c(C)ncnc2N2CCC(O)(c3ccccc3)CC2)cn1. The molecule has 1 aromatic carbocycles. The van der Waals surface area contributed by atoms with Crippen LogP contribution in [0.15, 0.2) is 55.0 Å². The Bertz CT molecular complexity index is 1060. The van der Waals surface area contributed by atoms with E-state index in [1.807, 2.05) is 56.4 Å². The molecule has 6 nitrogen and oxygen atoms in total. The second-order valence-electron chi connectivity index (χ2n) is 7.47. The van der Waals surface area contributed by atoms with Crippen LogP contribution in [0.2, 0.25) is 0 Å². The lowest BCUT2D eigenvalue weighted by molar-refractivity contribution is 0.0116. The summed E-state index contributed by atoms with van der Waals surface area (Å²) in [5, 5.41) is 14.1. The molecule has 30 heavy (non-hydrogen) atoms. The second-order valence-corrected chi connectivity index (χ2v) is 7.47. The van der Waals surface area contributed by atoms with Gasteiger partial charge in [-0.25, -0.2) is 15.0 Å². The van der Waals surface area contributed by atoms with Crippen LogP contribution in [0.4, 0.5) is 11.6 Å². The van der Waals surface area contributed by atoms with Crippen LogP contribution in [0.25, 0.3) is 0 Å². The maximum absolute atomic E-state index is 11.1. The normalized spacial score (nSPS) is 15.2. The monoisotopic (exact) mass is 399 g/mol. The highest BCUT2D eigenvalue weighted by atomic mass is 16.3. The maximum Gasteiger partial charge on any atom is 0.148 e. The van der Waals surface area contributed by atoms with Gasteiger partial charge in [-0.15, -0.1) is 0 Å². The maximum atomic E-state index is 11.1. The third kappa shape index (κ3) is 4.12. The molecule has 6 heteroatoms. The zero-order valence-corrected chi connectivity index (χ0v) is 17.3. The molecule has 0 saturated carbocycles. The van der Waals surface area contributed by atoms with Crippen molar-refractivity contribution in [1.29, 1.82) is 0 Å². The van der Waals surface area contributed by atoms with Crippen LogP contribution >= 0.6 is 0 Å². The Hall–Kier alpha value is -3.43. The van der Waals surface area contributed by atoms with Crippen LogP contribution in [0.5, 0.6) is 0 Å². The first kappa shape index (κ1) is 19.9. The molecule has 0 aliphatic carbocycles. The first-order chi connectivity index (χ1) is 14.6. The highest BCUT2D eigenvalue weighted by Gasteiger charge is 2.34. The minimum Gasteiger partial charge on any atom is -0.385 e. The zero-order chi connectivity index (χ0) is 21.0. The summed E-state index contributed by atoms with van der Waals surface area (Å²) in [5.74, 6) is 8.05. The number of hydrogen-bond acceptors (Lipinski definition) is 6. The van der Waals surface area contributed by atoms with Gasteiger partial charge in [0.1, 0.15) is 18.0 Å². The topological polar surface area (TPSA) is 74.2 Å². The van der Waals surface area contributed by atoms with Crippen molar-refractivity contribution < 1.29 is 5.11 Å². The number of nitrogens with zero attached hydrogens (tertiary/aromatic N) is 4. The summed E-state index contributed by atoms with van der Waals surface area (Å²) in [6, 6.07) is 13.7. The number of pyridine rings is 1. The molecule has 3 heterocycles. The molecule has 0 spiro atoms. The Morgan fingerprint density at radius 1 is 1.00 bits per heavy atom. The number of aromatic nitrogens is 3. The van der Waals surface area contributed by atoms with Crippen molar-refractivity contribution in [2.75, 3.05) is 30.4 Å². The van der Waals surface area contributed by atoms with Gasteiger partial charge in [0.2, 0.25) is 0 Å². The van der Waals surface area contributed by atoms with Crippen LogP contribution in [-0.2, 0) is 5.60 Å². The Morgan fingerprint density at radius 3 is 2.43 bits per heavy atom. The summed E-state index contributed by atoms with van der Waals surface area (Å²) in [6.07, 6.45) is 4.61. The van der Waals surface area contributed by atoms with Crippen molar-refractivity contribution in [1.82, 2.24) is 15.0 Å². The predicted octanol–water partition coefficient (Wildman–Crippen LogP) is 3.11. The van der Waals surface area contributed by atoms with Crippen LogP contribution < -0.4 is 10.2 Å². The molecule has 0 atom stereocenters. The quantitative estimate of drug-likeness (QED) is 0.660. The third-order valence-corrected chi connectivity index (χ3v) is 5.57. The van der Waals surface area contributed by atoms with E-state index in [0.29, 0.717) is 25.9 Å². The summed E-state index contributed by atoms with van der Waals surface area (Å²) in [6.45, 7) is 3.35. The van der Waals surface area contributed by atoms with Crippen LogP contribution in [-0.4, -0.2) is 40.2 Å². The number of rotatable bonds is 3. The van der Waals surface area contributed by atoms with Crippen molar-refractivity contribution in [3.05, 3.63) is 77.4 Å². The Balaban J connectivity index is 1.56. The summed E-state index contributed by atoms with van der Waals surface area (Å²) in [4.78, 5) is 15.4. The van der Waals surface area contributed by atoms with E-state index in [1.54, 1.807) is 12.5 Å². The van der Waals surface area contributed by atoms with Gasteiger partial charge in [-0.1, -0.05) is 42.2 Å². The smallest absolute Gasteiger partial charge is 0.148 e. The fourth-order valence-electron chi connectivity index (χ4n) is 3.72. The predicted molar refractivity (Wildman–Crippen MR) is 118 cm³/mol. The van der Waals surface area contributed by atoms with E-state index >= 15 is 0 Å². The lowest BCUT2D eigenvalue weighted by Crippen LogP contribution is -2.43. The number of piperidine rings is 1. The molecule has 1 aliphatic heterocycles.